The maximum Gasteiger partial charge on any atom is 0.225 e. The van der Waals surface area contributed by atoms with E-state index in [-0.39, 0.29) is 17.4 Å². The topological polar surface area (TPSA) is 81.3 Å². The van der Waals surface area contributed by atoms with Gasteiger partial charge in [-0.3, -0.25) is 4.79 Å². The van der Waals surface area contributed by atoms with Gasteiger partial charge in [0.2, 0.25) is 5.91 Å². The number of hydrogen-bond donors (Lipinski definition) is 2. The molecular formula is C28H43N3O5. The number of rotatable bonds is 11. The third kappa shape index (κ3) is 5.98. The molecule has 0 bridgehead atoms. The summed E-state index contributed by atoms with van der Waals surface area (Å²) in [4.78, 5) is 15.3. The Bertz CT molecular complexity index is 891. The molecule has 1 aromatic rings. The molecule has 3 fully saturated rings. The molecule has 4 atom stereocenters. The molecule has 3 heterocycles. The summed E-state index contributed by atoms with van der Waals surface area (Å²) in [6, 6.07) is 7.06. The van der Waals surface area contributed by atoms with Crippen molar-refractivity contribution in [1.29, 1.82) is 0 Å². The third-order valence-corrected chi connectivity index (χ3v) is 8.34. The molecule has 2 saturated heterocycles. The van der Waals surface area contributed by atoms with Crippen LogP contribution in [0.25, 0.3) is 0 Å². The molecule has 2 N–H and O–H groups in total. The first-order chi connectivity index (χ1) is 17.4. The summed E-state index contributed by atoms with van der Waals surface area (Å²) < 4.78 is 22.8. The van der Waals surface area contributed by atoms with Crippen molar-refractivity contribution in [3.8, 4) is 5.75 Å². The van der Waals surface area contributed by atoms with Crippen LogP contribution in [0, 0.1) is 17.3 Å². The Morgan fingerprint density at radius 3 is 2.83 bits per heavy atom. The first-order valence-corrected chi connectivity index (χ1v) is 13.7. The number of piperidine rings is 1. The molecule has 8 nitrogen and oxygen atoms in total. The van der Waals surface area contributed by atoms with Crippen LogP contribution >= 0.6 is 0 Å². The second-order valence-corrected chi connectivity index (χ2v) is 11.6. The average Bonchev–Trinajstić information content (AvgIpc) is 3.28. The molecule has 0 spiro atoms. The van der Waals surface area contributed by atoms with Gasteiger partial charge in [-0.15, -0.1) is 0 Å². The van der Waals surface area contributed by atoms with Crippen LogP contribution in [0.3, 0.4) is 0 Å². The number of carbonyl (C=O) groups excluding carboxylic acids is 1. The van der Waals surface area contributed by atoms with Gasteiger partial charge in [-0.1, -0.05) is 19.9 Å². The summed E-state index contributed by atoms with van der Waals surface area (Å²) in [5, 5.41) is 6.93. The maximum absolute atomic E-state index is 12.9. The monoisotopic (exact) mass is 501 g/mol. The lowest BCUT2D eigenvalue weighted by molar-refractivity contribution is -0.130. The van der Waals surface area contributed by atoms with E-state index in [4.69, 9.17) is 18.9 Å². The fourth-order valence-corrected chi connectivity index (χ4v) is 5.97. The van der Waals surface area contributed by atoms with Crippen LogP contribution in [0.2, 0.25) is 0 Å². The molecule has 200 valence electrons. The van der Waals surface area contributed by atoms with E-state index < -0.39 is 0 Å². The summed E-state index contributed by atoms with van der Waals surface area (Å²) >= 11 is 0. The van der Waals surface area contributed by atoms with Gasteiger partial charge in [0, 0.05) is 56.1 Å². The van der Waals surface area contributed by atoms with Crippen molar-refractivity contribution in [3.63, 3.8) is 0 Å². The van der Waals surface area contributed by atoms with E-state index in [1.165, 1.54) is 5.56 Å². The molecule has 8 heteroatoms. The molecule has 2 unspecified atom stereocenters. The van der Waals surface area contributed by atoms with Crippen molar-refractivity contribution in [2.45, 2.75) is 64.3 Å². The second-order valence-electron chi connectivity index (χ2n) is 11.6. The average molecular weight is 502 g/mol. The fourth-order valence-electron chi connectivity index (χ4n) is 5.97. The Morgan fingerprint density at radius 1 is 1.25 bits per heavy atom. The Balaban J connectivity index is 1.05. The molecule has 4 aliphatic rings. The summed E-state index contributed by atoms with van der Waals surface area (Å²) in [7, 11) is 1.75. The Labute approximate surface area is 215 Å². The number of fused-ring (bicyclic) bond motifs is 2. The Hall–Kier alpha value is -1.87. The maximum atomic E-state index is 12.9. The van der Waals surface area contributed by atoms with E-state index in [1.807, 2.05) is 0 Å². The largest absolute Gasteiger partial charge is 0.490 e. The van der Waals surface area contributed by atoms with E-state index in [2.05, 4.69) is 47.6 Å². The number of amides is 1. The van der Waals surface area contributed by atoms with Gasteiger partial charge < -0.3 is 34.5 Å². The van der Waals surface area contributed by atoms with Crippen LogP contribution in [0.1, 0.15) is 45.1 Å². The number of nitrogens with zero attached hydrogens (tertiary/aromatic N) is 1. The minimum atomic E-state index is -0.385. The third-order valence-electron chi connectivity index (χ3n) is 8.34. The van der Waals surface area contributed by atoms with Crippen LogP contribution in [-0.4, -0.2) is 77.3 Å². The molecule has 1 saturated carbocycles. The molecule has 0 radical (unpaired) electrons. The van der Waals surface area contributed by atoms with E-state index >= 15 is 0 Å². The van der Waals surface area contributed by atoms with Crippen molar-refractivity contribution in [2.75, 3.05) is 58.1 Å². The van der Waals surface area contributed by atoms with Crippen molar-refractivity contribution in [1.82, 2.24) is 10.6 Å². The number of ether oxygens (including phenoxy) is 4. The van der Waals surface area contributed by atoms with Crippen LogP contribution in [0.5, 0.6) is 5.75 Å². The first-order valence-electron chi connectivity index (χ1n) is 13.7. The minimum Gasteiger partial charge on any atom is -0.490 e. The lowest BCUT2D eigenvalue weighted by Crippen LogP contribution is -2.48. The number of hydrogen-bond acceptors (Lipinski definition) is 7. The van der Waals surface area contributed by atoms with E-state index in [0.29, 0.717) is 30.5 Å². The number of anilines is 1. The quantitative estimate of drug-likeness (QED) is 0.451. The summed E-state index contributed by atoms with van der Waals surface area (Å²) in [5.41, 5.74) is 1.94. The van der Waals surface area contributed by atoms with Crippen molar-refractivity contribution in [2.24, 2.45) is 17.3 Å². The van der Waals surface area contributed by atoms with Gasteiger partial charge in [0.15, 0.2) is 0 Å². The number of methoxy groups -OCH3 is 1. The molecule has 1 amide bonds. The predicted octanol–water partition coefficient (Wildman–Crippen LogP) is 2.74. The highest BCUT2D eigenvalue weighted by molar-refractivity contribution is 5.82. The molecule has 1 aliphatic carbocycles. The summed E-state index contributed by atoms with van der Waals surface area (Å²) in [5.74, 6) is 2.21. The van der Waals surface area contributed by atoms with Crippen LogP contribution < -0.4 is 20.3 Å². The van der Waals surface area contributed by atoms with Crippen LogP contribution in [-0.2, 0) is 25.6 Å². The molecule has 36 heavy (non-hydrogen) atoms. The molecule has 3 aliphatic heterocycles. The zero-order valence-corrected chi connectivity index (χ0v) is 22.1. The minimum absolute atomic E-state index is 0.176. The zero-order chi connectivity index (χ0) is 25.1. The molecule has 5 rings (SSSR count). The van der Waals surface area contributed by atoms with Gasteiger partial charge >= 0.3 is 0 Å². The lowest BCUT2D eigenvalue weighted by Gasteiger charge is -2.35. The highest BCUT2D eigenvalue weighted by Crippen LogP contribution is 2.44. The highest BCUT2D eigenvalue weighted by atomic mass is 16.5. The number of nitrogens with one attached hydrogen (secondary N) is 2. The van der Waals surface area contributed by atoms with Crippen LogP contribution in [0.15, 0.2) is 18.2 Å². The van der Waals surface area contributed by atoms with E-state index in [0.717, 1.165) is 83.2 Å². The van der Waals surface area contributed by atoms with Gasteiger partial charge in [0.05, 0.1) is 38.2 Å². The highest BCUT2D eigenvalue weighted by Gasteiger charge is 2.55. The predicted molar refractivity (Wildman–Crippen MR) is 138 cm³/mol. The normalized spacial score (nSPS) is 29.3. The standard InChI is InChI=1S/C28H43N3O5/c1-28(2,27(32)30-26-22-17-34-18-23(22)26)14-20-6-7-21(15-29-20)36-16-19-5-8-25-24(13-19)31(10-12-35-25)9-4-11-33-3/h5,8,13,20-23,26,29H,4,6-7,9-12,14-18H2,1-3H3,(H,30,32)/t20-,21+,22?,23?,26?/m0/s1. The van der Waals surface area contributed by atoms with E-state index in [9.17, 15) is 4.79 Å². The smallest absolute Gasteiger partial charge is 0.225 e. The van der Waals surface area contributed by atoms with Crippen molar-refractivity contribution in [3.05, 3.63) is 23.8 Å². The van der Waals surface area contributed by atoms with Gasteiger partial charge in [-0.2, -0.15) is 0 Å². The number of benzene rings is 1. The van der Waals surface area contributed by atoms with E-state index in [1.54, 1.807) is 7.11 Å². The molecule has 1 aromatic carbocycles. The Kier molecular flexibility index (Phi) is 8.05. The Morgan fingerprint density at radius 2 is 2.08 bits per heavy atom. The number of carbonyl (C=O) groups is 1. The van der Waals surface area contributed by atoms with Crippen molar-refractivity contribution >= 4 is 11.6 Å². The molecular weight excluding hydrogens is 458 g/mol. The zero-order valence-electron chi connectivity index (χ0n) is 22.1. The van der Waals surface area contributed by atoms with Crippen LogP contribution in [0.4, 0.5) is 5.69 Å². The van der Waals surface area contributed by atoms with Gasteiger partial charge in [0.25, 0.3) is 0 Å². The SMILES string of the molecule is COCCCN1CCOc2ccc(CO[C@@H]3CC[C@@H](CC(C)(C)C(=O)NC4C5COCC54)NC3)cc21. The molecule has 0 aromatic heterocycles. The van der Waals surface area contributed by atoms with Gasteiger partial charge in [-0.05, 0) is 43.4 Å². The second kappa shape index (κ2) is 11.3. The van der Waals surface area contributed by atoms with Gasteiger partial charge in [0.1, 0.15) is 12.4 Å². The lowest BCUT2D eigenvalue weighted by atomic mass is 9.82. The fraction of sp³-hybridized carbons (Fsp3) is 0.750. The van der Waals surface area contributed by atoms with Gasteiger partial charge in [-0.25, -0.2) is 0 Å². The van der Waals surface area contributed by atoms with Crippen molar-refractivity contribution < 1.29 is 23.7 Å². The summed E-state index contributed by atoms with van der Waals surface area (Å²) in [6.07, 6.45) is 4.06. The first kappa shape index (κ1) is 25.8. The summed E-state index contributed by atoms with van der Waals surface area (Å²) in [6.45, 7) is 10.5.